The van der Waals surface area contributed by atoms with Crippen LogP contribution >= 0.6 is 0 Å². The lowest BCUT2D eigenvalue weighted by molar-refractivity contribution is 0.132. The van der Waals surface area contributed by atoms with Gasteiger partial charge in [-0.05, 0) is 24.0 Å². The van der Waals surface area contributed by atoms with Crippen LogP contribution in [0.25, 0.3) is 5.65 Å². The van der Waals surface area contributed by atoms with Crippen LogP contribution in [0, 0.1) is 5.41 Å². The number of anilines is 1. The van der Waals surface area contributed by atoms with E-state index in [1.54, 1.807) is 4.52 Å². The Balaban J connectivity index is 1.94. The molecular formula is C13H20N4O. The number of aliphatic hydroxyl groups is 1. The first kappa shape index (κ1) is 12.8. The Hall–Kier alpha value is -1.62. The van der Waals surface area contributed by atoms with Gasteiger partial charge in [-0.3, -0.25) is 0 Å². The summed E-state index contributed by atoms with van der Waals surface area (Å²) in [7, 11) is 0. The van der Waals surface area contributed by atoms with Crippen molar-refractivity contribution in [3.63, 3.8) is 0 Å². The summed E-state index contributed by atoms with van der Waals surface area (Å²) in [5.41, 5.74) is 0.915. The predicted molar refractivity (Wildman–Crippen MR) is 71.6 cm³/mol. The second-order valence-corrected chi connectivity index (χ2v) is 5.74. The van der Waals surface area contributed by atoms with Crippen molar-refractivity contribution in [1.82, 2.24) is 14.6 Å². The standard InChI is InChI=1S/C13H20N4O/c1-13(2,3)8-10(18)9-14-12-15-11-6-4-5-7-17(11)16-12/h4-7,10,18H,8-9H2,1-3H3,(H,14,16). The number of hydrogen-bond donors (Lipinski definition) is 2. The number of nitrogens with one attached hydrogen (secondary N) is 1. The lowest BCUT2D eigenvalue weighted by Crippen LogP contribution is -2.25. The molecule has 5 heteroatoms. The normalized spacial score (nSPS) is 13.8. The highest BCUT2D eigenvalue weighted by Crippen LogP contribution is 2.20. The van der Waals surface area contributed by atoms with E-state index in [-0.39, 0.29) is 5.41 Å². The Bertz CT molecular complexity index is 482. The van der Waals surface area contributed by atoms with E-state index in [2.05, 4.69) is 36.2 Å². The van der Waals surface area contributed by atoms with E-state index in [9.17, 15) is 5.11 Å². The van der Waals surface area contributed by atoms with Crippen molar-refractivity contribution in [2.45, 2.75) is 33.3 Å². The molecule has 2 N–H and O–H groups in total. The number of aliphatic hydroxyl groups excluding tert-OH is 1. The third kappa shape index (κ3) is 3.43. The molecule has 2 aromatic rings. The van der Waals surface area contributed by atoms with Crippen molar-refractivity contribution in [3.05, 3.63) is 24.4 Å². The van der Waals surface area contributed by atoms with Crippen LogP contribution in [0.4, 0.5) is 5.95 Å². The van der Waals surface area contributed by atoms with Gasteiger partial charge in [0.15, 0.2) is 5.65 Å². The largest absolute Gasteiger partial charge is 0.391 e. The molecule has 0 aliphatic carbocycles. The number of pyridine rings is 1. The van der Waals surface area contributed by atoms with Crippen LogP contribution in [0.15, 0.2) is 24.4 Å². The molecular weight excluding hydrogens is 228 g/mol. The molecule has 0 aliphatic rings. The minimum absolute atomic E-state index is 0.118. The molecule has 98 valence electrons. The van der Waals surface area contributed by atoms with Crippen molar-refractivity contribution in [1.29, 1.82) is 0 Å². The number of rotatable bonds is 4. The number of fused-ring (bicyclic) bond motifs is 1. The molecule has 0 fully saturated rings. The van der Waals surface area contributed by atoms with Crippen LogP contribution in [-0.4, -0.2) is 32.4 Å². The monoisotopic (exact) mass is 248 g/mol. The van der Waals surface area contributed by atoms with Gasteiger partial charge in [0.25, 0.3) is 0 Å². The van der Waals surface area contributed by atoms with Crippen LogP contribution in [0.3, 0.4) is 0 Å². The molecule has 0 amide bonds. The summed E-state index contributed by atoms with van der Waals surface area (Å²) in [6.07, 6.45) is 2.20. The van der Waals surface area contributed by atoms with Crippen LogP contribution < -0.4 is 5.32 Å². The van der Waals surface area contributed by atoms with Gasteiger partial charge in [0.1, 0.15) is 0 Å². The summed E-state index contributed by atoms with van der Waals surface area (Å²) in [5, 5.41) is 17.2. The minimum Gasteiger partial charge on any atom is -0.391 e. The van der Waals surface area contributed by atoms with Gasteiger partial charge in [0.05, 0.1) is 6.10 Å². The topological polar surface area (TPSA) is 62.5 Å². The van der Waals surface area contributed by atoms with E-state index < -0.39 is 6.10 Å². The number of nitrogens with zero attached hydrogens (tertiary/aromatic N) is 3. The van der Waals surface area contributed by atoms with Gasteiger partial charge in [-0.15, -0.1) is 5.10 Å². The molecule has 0 aromatic carbocycles. The first-order chi connectivity index (χ1) is 8.44. The Kier molecular flexibility index (Phi) is 3.52. The zero-order valence-electron chi connectivity index (χ0n) is 11.1. The molecule has 2 aromatic heterocycles. The fourth-order valence-electron chi connectivity index (χ4n) is 1.89. The predicted octanol–water partition coefficient (Wildman–Crippen LogP) is 1.94. The molecule has 0 radical (unpaired) electrons. The number of hydrogen-bond acceptors (Lipinski definition) is 4. The van der Waals surface area contributed by atoms with Gasteiger partial charge in [0, 0.05) is 12.7 Å². The molecule has 0 saturated carbocycles. The van der Waals surface area contributed by atoms with Gasteiger partial charge in [0.2, 0.25) is 5.95 Å². The summed E-state index contributed by atoms with van der Waals surface area (Å²) in [4.78, 5) is 4.31. The zero-order chi connectivity index (χ0) is 13.2. The summed E-state index contributed by atoms with van der Waals surface area (Å²) >= 11 is 0. The van der Waals surface area contributed by atoms with Crippen LogP contribution in [-0.2, 0) is 0 Å². The van der Waals surface area contributed by atoms with E-state index in [4.69, 9.17) is 0 Å². The van der Waals surface area contributed by atoms with Crippen LogP contribution in [0.2, 0.25) is 0 Å². The van der Waals surface area contributed by atoms with Crippen molar-refractivity contribution < 1.29 is 5.11 Å². The van der Waals surface area contributed by atoms with Gasteiger partial charge >= 0.3 is 0 Å². The second kappa shape index (κ2) is 4.94. The van der Waals surface area contributed by atoms with Crippen molar-refractivity contribution in [2.75, 3.05) is 11.9 Å². The first-order valence-electron chi connectivity index (χ1n) is 6.17. The van der Waals surface area contributed by atoms with E-state index in [0.717, 1.165) is 12.1 Å². The highest BCUT2D eigenvalue weighted by atomic mass is 16.3. The molecule has 1 unspecified atom stereocenters. The highest BCUT2D eigenvalue weighted by Gasteiger charge is 2.16. The van der Waals surface area contributed by atoms with Gasteiger partial charge in [-0.1, -0.05) is 26.8 Å². The molecule has 5 nitrogen and oxygen atoms in total. The van der Waals surface area contributed by atoms with E-state index in [1.807, 2.05) is 24.4 Å². The fraction of sp³-hybridized carbons (Fsp3) is 0.538. The van der Waals surface area contributed by atoms with Crippen molar-refractivity contribution in [3.8, 4) is 0 Å². The van der Waals surface area contributed by atoms with Crippen LogP contribution in [0.5, 0.6) is 0 Å². The fourth-order valence-corrected chi connectivity index (χ4v) is 1.89. The molecule has 1 atom stereocenters. The van der Waals surface area contributed by atoms with Gasteiger partial charge in [-0.25, -0.2) is 4.52 Å². The smallest absolute Gasteiger partial charge is 0.243 e. The lowest BCUT2D eigenvalue weighted by Gasteiger charge is -2.22. The minimum atomic E-state index is -0.392. The maximum absolute atomic E-state index is 9.90. The lowest BCUT2D eigenvalue weighted by atomic mass is 9.89. The van der Waals surface area contributed by atoms with E-state index >= 15 is 0 Å². The Morgan fingerprint density at radius 1 is 1.39 bits per heavy atom. The third-order valence-electron chi connectivity index (χ3n) is 2.59. The Morgan fingerprint density at radius 2 is 2.17 bits per heavy atom. The molecule has 0 saturated heterocycles. The average molecular weight is 248 g/mol. The molecule has 18 heavy (non-hydrogen) atoms. The summed E-state index contributed by atoms with van der Waals surface area (Å²) in [5.74, 6) is 0.550. The van der Waals surface area contributed by atoms with Crippen molar-refractivity contribution >= 4 is 11.6 Å². The molecule has 0 bridgehead atoms. The molecule has 0 aliphatic heterocycles. The van der Waals surface area contributed by atoms with Crippen molar-refractivity contribution in [2.24, 2.45) is 5.41 Å². The molecule has 2 rings (SSSR count). The number of aromatic nitrogens is 3. The SMILES string of the molecule is CC(C)(C)CC(O)CNc1nc2ccccn2n1. The Morgan fingerprint density at radius 3 is 2.83 bits per heavy atom. The third-order valence-corrected chi connectivity index (χ3v) is 2.59. The summed E-state index contributed by atoms with van der Waals surface area (Å²) in [6.45, 7) is 6.80. The maximum Gasteiger partial charge on any atom is 0.243 e. The zero-order valence-corrected chi connectivity index (χ0v) is 11.1. The molecule has 2 heterocycles. The van der Waals surface area contributed by atoms with Gasteiger partial charge in [-0.2, -0.15) is 4.98 Å². The van der Waals surface area contributed by atoms with Crippen LogP contribution in [0.1, 0.15) is 27.2 Å². The summed E-state index contributed by atoms with van der Waals surface area (Å²) < 4.78 is 1.71. The summed E-state index contributed by atoms with van der Waals surface area (Å²) in [6, 6.07) is 5.71. The average Bonchev–Trinajstić information content (AvgIpc) is 2.66. The van der Waals surface area contributed by atoms with Gasteiger partial charge < -0.3 is 10.4 Å². The second-order valence-electron chi connectivity index (χ2n) is 5.74. The highest BCUT2D eigenvalue weighted by molar-refractivity contribution is 5.42. The van der Waals surface area contributed by atoms with E-state index in [0.29, 0.717) is 12.5 Å². The quantitative estimate of drug-likeness (QED) is 0.868. The first-order valence-corrected chi connectivity index (χ1v) is 6.17. The van der Waals surface area contributed by atoms with E-state index in [1.165, 1.54) is 0 Å². The maximum atomic E-state index is 9.90. The molecule has 0 spiro atoms. The Labute approximate surface area is 107 Å².